The number of urea groups is 1. The van der Waals surface area contributed by atoms with E-state index >= 15 is 0 Å². The molecule has 0 bridgehead atoms. The number of halogens is 1. The van der Waals surface area contributed by atoms with Crippen molar-refractivity contribution < 1.29 is 44.6 Å². The molecule has 246 valence electrons. The first-order valence-corrected chi connectivity index (χ1v) is 15.5. The van der Waals surface area contributed by atoms with Crippen molar-refractivity contribution in [1.82, 2.24) is 5.32 Å². The van der Waals surface area contributed by atoms with Crippen LogP contribution >= 0.6 is 0 Å². The lowest BCUT2D eigenvalue weighted by Crippen LogP contribution is -2.55. The summed E-state index contributed by atoms with van der Waals surface area (Å²) < 4.78 is 19.1. The van der Waals surface area contributed by atoms with Gasteiger partial charge in [0.1, 0.15) is 42.1 Å². The molecule has 47 heavy (non-hydrogen) atoms. The van der Waals surface area contributed by atoms with Gasteiger partial charge < -0.3 is 40.7 Å². The summed E-state index contributed by atoms with van der Waals surface area (Å²) in [5.41, 5.74) is 3.67. The Morgan fingerprint density at radius 2 is 1.53 bits per heavy atom. The summed E-state index contributed by atoms with van der Waals surface area (Å²) in [4.78, 5) is 14.9. The van der Waals surface area contributed by atoms with Crippen molar-refractivity contribution in [3.8, 4) is 16.9 Å². The number of rotatable bonds is 9. The molecule has 4 aromatic carbocycles. The van der Waals surface area contributed by atoms with Crippen molar-refractivity contribution in [1.29, 1.82) is 0 Å². The fourth-order valence-corrected chi connectivity index (χ4v) is 6.47. The van der Waals surface area contributed by atoms with Crippen LogP contribution in [0.3, 0.4) is 0 Å². The average molecular weight is 645 g/mol. The van der Waals surface area contributed by atoms with Crippen molar-refractivity contribution in [2.75, 3.05) is 11.5 Å². The number of phenolic OH excluding ortho intramolecular Hbond substituents is 1. The van der Waals surface area contributed by atoms with Crippen molar-refractivity contribution in [2.24, 2.45) is 0 Å². The number of aromatic hydroxyl groups is 1. The fourth-order valence-electron chi connectivity index (χ4n) is 6.47. The molecule has 2 heterocycles. The SMILES string of the molecule is O=C1N[C@H](CCC(O)c2ccc(F)cc2)[C@@H](c2ccc(-c3ccc(C4O[C@H](CO)[C@@H](O)[C@H](O)[C@H]4O)cc3)cc2O)N1c1ccccc1. The summed E-state index contributed by atoms with van der Waals surface area (Å²) in [6.45, 7) is -0.523. The van der Waals surface area contributed by atoms with Gasteiger partial charge in [0.25, 0.3) is 0 Å². The lowest BCUT2D eigenvalue weighted by atomic mass is 9.90. The molecule has 11 heteroatoms. The Labute approximate surface area is 270 Å². The normalized spacial score (nSPS) is 26.6. The monoisotopic (exact) mass is 644 g/mol. The number of para-hydroxylation sites is 1. The van der Waals surface area contributed by atoms with Gasteiger partial charge in [-0.3, -0.25) is 4.90 Å². The third kappa shape index (κ3) is 6.59. The van der Waals surface area contributed by atoms with Crippen LogP contribution in [0.5, 0.6) is 5.75 Å². The zero-order valence-electron chi connectivity index (χ0n) is 25.3. The zero-order chi connectivity index (χ0) is 33.2. The molecule has 2 amide bonds. The molecule has 0 radical (unpaired) electrons. The second-order valence-electron chi connectivity index (χ2n) is 12.0. The van der Waals surface area contributed by atoms with Gasteiger partial charge in [-0.05, 0) is 65.4 Å². The predicted molar refractivity (Wildman–Crippen MR) is 171 cm³/mol. The topological polar surface area (TPSA) is 163 Å². The van der Waals surface area contributed by atoms with Crippen LogP contribution in [0, 0.1) is 5.82 Å². The standard InChI is InChI=1S/C36H37FN2O8/c37-24-13-10-21(11-14-24)28(41)17-16-27-31(39(36(46)38-27)25-4-2-1-3-5-25)26-15-12-23(18-29(26)42)20-6-8-22(9-7-20)35-34(45)33(44)32(43)30(19-40)47-35/h1-15,18,27-28,30-35,40-45H,16-17,19H2,(H,38,46)/t27-,28?,30-,31-,32-,33+,34-,35?/m1/s1. The number of phenols is 1. The highest BCUT2D eigenvalue weighted by Gasteiger charge is 2.44. The molecule has 0 saturated carbocycles. The summed E-state index contributed by atoms with van der Waals surface area (Å²) >= 11 is 0. The Kier molecular flexibility index (Phi) is 9.55. The Bertz CT molecular complexity index is 1670. The van der Waals surface area contributed by atoms with Gasteiger partial charge in [-0.2, -0.15) is 0 Å². The van der Waals surface area contributed by atoms with Crippen LogP contribution in [0.15, 0.2) is 97.1 Å². The predicted octanol–water partition coefficient (Wildman–Crippen LogP) is 3.87. The van der Waals surface area contributed by atoms with E-state index in [1.54, 1.807) is 41.3 Å². The summed E-state index contributed by atoms with van der Waals surface area (Å²) in [6.07, 6.45) is -6.54. The van der Waals surface area contributed by atoms with Crippen molar-refractivity contribution in [3.05, 3.63) is 120 Å². The zero-order valence-corrected chi connectivity index (χ0v) is 25.3. The Morgan fingerprint density at radius 1 is 0.851 bits per heavy atom. The van der Waals surface area contributed by atoms with E-state index < -0.39 is 61.1 Å². The molecule has 4 aromatic rings. The molecule has 10 nitrogen and oxygen atoms in total. The number of hydrogen-bond donors (Lipinski definition) is 7. The first kappa shape index (κ1) is 32.6. The quantitative estimate of drug-likeness (QED) is 0.145. The molecule has 0 aromatic heterocycles. The van der Waals surface area contributed by atoms with Crippen LogP contribution in [0.4, 0.5) is 14.9 Å². The van der Waals surface area contributed by atoms with Crippen molar-refractivity contribution in [2.45, 2.75) is 61.5 Å². The van der Waals surface area contributed by atoms with E-state index in [0.29, 0.717) is 34.4 Å². The van der Waals surface area contributed by atoms with Crippen LogP contribution in [-0.4, -0.2) is 73.7 Å². The van der Waals surface area contributed by atoms with Gasteiger partial charge in [0.2, 0.25) is 0 Å². The number of hydrogen-bond acceptors (Lipinski definition) is 8. The Hall–Kier alpha value is -4.36. The van der Waals surface area contributed by atoms with E-state index in [0.717, 1.165) is 5.56 Å². The minimum atomic E-state index is -1.49. The smallest absolute Gasteiger partial charge is 0.322 e. The largest absolute Gasteiger partial charge is 0.508 e. The first-order valence-electron chi connectivity index (χ1n) is 15.5. The van der Waals surface area contributed by atoms with E-state index in [2.05, 4.69) is 5.32 Å². The summed E-state index contributed by atoms with van der Waals surface area (Å²) in [5, 5.41) is 65.5. The molecule has 2 unspecified atom stereocenters. The lowest BCUT2D eigenvalue weighted by molar-refractivity contribution is -0.231. The highest BCUT2D eigenvalue weighted by atomic mass is 19.1. The van der Waals surface area contributed by atoms with E-state index in [1.807, 2.05) is 36.4 Å². The number of anilines is 1. The van der Waals surface area contributed by atoms with E-state index in [4.69, 9.17) is 4.74 Å². The van der Waals surface area contributed by atoms with Crippen molar-refractivity contribution in [3.63, 3.8) is 0 Å². The number of aliphatic hydroxyl groups excluding tert-OH is 5. The van der Waals surface area contributed by atoms with Crippen LogP contribution in [-0.2, 0) is 4.74 Å². The molecule has 0 spiro atoms. The number of carbonyl (C=O) groups is 1. The number of amides is 2. The second kappa shape index (κ2) is 13.8. The molecule has 7 N–H and O–H groups in total. The van der Waals surface area contributed by atoms with Crippen LogP contribution in [0.2, 0.25) is 0 Å². The maximum atomic E-state index is 13.4. The highest BCUT2D eigenvalue weighted by molar-refractivity contribution is 5.96. The van der Waals surface area contributed by atoms with Gasteiger partial charge in [0, 0.05) is 11.3 Å². The van der Waals surface area contributed by atoms with Crippen LogP contribution < -0.4 is 10.2 Å². The summed E-state index contributed by atoms with van der Waals surface area (Å²) in [7, 11) is 0. The van der Waals surface area contributed by atoms with Gasteiger partial charge >= 0.3 is 6.03 Å². The Morgan fingerprint density at radius 3 is 2.19 bits per heavy atom. The number of nitrogens with one attached hydrogen (secondary N) is 1. The molecule has 6 rings (SSSR count). The fraction of sp³-hybridized carbons (Fsp3) is 0.306. The second-order valence-corrected chi connectivity index (χ2v) is 12.0. The number of nitrogens with zero attached hydrogens (tertiary/aromatic N) is 1. The summed E-state index contributed by atoms with van der Waals surface area (Å²) in [5.74, 6) is -0.432. The van der Waals surface area contributed by atoms with Crippen molar-refractivity contribution >= 4 is 11.7 Å². The number of aliphatic hydroxyl groups is 5. The molecule has 0 aliphatic carbocycles. The van der Waals surface area contributed by atoms with E-state index in [1.165, 1.54) is 24.3 Å². The molecule has 2 aliphatic heterocycles. The average Bonchev–Trinajstić information content (AvgIpc) is 3.42. The first-order chi connectivity index (χ1) is 22.7. The maximum Gasteiger partial charge on any atom is 0.322 e. The third-order valence-corrected chi connectivity index (χ3v) is 9.04. The van der Waals surface area contributed by atoms with Gasteiger partial charge in [0.15, 0.2) is 0 Å². The molecule has 8 atom stereocenters. The van der Waals surface area contributed by atoms with Gasteiger partial charge in [-0.25, -0.2) is 9.18 Å². The van der Waals surface area contributed by atoms with Crippen LogP contribution in [0.1, 0.15) is 47.8 Å². The van der Waals surface area contributed by atoms with Gasteiger partial charge in [0.05, 0.1) is 24.8 Å². The minimum Gasteiger partial charge on any atom is -0.508 e. The molecular formula is C36H37FN2O8. The molecule has 2 saturated heterocycles. The van der Waals surface area contributed by atoms with E-state index in [9.17, 15) is 39.8 Å². The van der Waals surface area contributed by atoms with Gasteiger partial charge in [-0.1, -0.05) is 66.7 Å². The Balaban J connectivity index is 1.25. The highest BCUT2D eigenvalue weighted by Crippen LogP contribution is 2.42. The number of carbonyl (C=O) groups excluding carboxylic acids is 1. The summed E-state index contributed by atoms with van der Waals surface area (Å²) in [6, 6.07) is 25.5. The molecular weight excluding hydrogens is 607 g/mol. The van der Waals surface area contributed by atoms with E-state index in [-0.39, 0.29) is 18.2 Å². The lowest BCUT2D eigenvalue weighted by Gasteiger charge is -2.40. The molecule has 2 aliphatic rings. The van der Waals surface area contributed by atoms with Gasteiger partial charge in [-0.15, -0.1) is 0 Å². The van der Waals surface area contributed by atoms with Crippen LogP contribution in [0.25, 0.3) is 11.1 Å². The molecule has 2 fully saturated rings. The maximum absolute atomic E-state index is 13.4. The third-order valence-electron chi connectivity index (χ3n) is 9.04. The number of benzene rings is 4. The number of ether oxygens (including phenoxy) is 1. The minimum absolute atomic E-state index is 0.0352.